The fourth-order valence-electron chi connectivity index (χ4n) is 2.15. The van der Waals surface area contributed by atoms with Gasteiger partial charge in [-0.25, -0.2) is 4.79 Å². The van der Waals surface area contributed by atoms with Crippen LogP contribution in [0.15, 0.2) is 55.0 Å². The van der Waals surface area contributed by atoms with Crippen LogP contribution in [0.3, 0.4) is 0 Å². The van der Waals surface area contributed by atoms with Gasteiger partial charge in [0.1, 0.15) is 0 Å². The third-order valence-corrected chi connectivity index (χ3v) is 3.76. The van der Waals surface area contributed by atoms with Crippen LogP contribution in [-0.2, 0) is 11.3 Å². The Balaban J connectivity index is 1.59. The lowest BCUT2D eigenvalue weighted by molar-refractivity contribution is 0.0473. The van der Waals surface area contributed by atoms with Crippen molar-refractivity contribution in [2.75, 3.05) is 6.61 Å². The smallest absolute Gasteiger partial charge is 0.341 e. The number of carbonyl (C=O) groups excluding carboxylic acids is 2. The van der Waals surface area contributed by atoms with Gasteiger partial charge in [-0.3, -0.25) is 9.48 Å². The van der Waals surface area contributed by atoms with E-state index in [0.717, 1.165) is 5.56 Å². The minimum atomic E-state index is -0.597. The summed E-state index contributed by atoms with van der Waals surface area (Å²) in [4.78, 5) is 26.5. The van der Waals surface area contributed by atoms with Gasteiger partial charge in [-0.15, -0.1) is 0 Å². The van der Waals surface area contributed by atoms with E-state index in [0.29, 0.717) is 17.3 Å². The zero-order valence-electron chi connectivity index (χ0n) is 12.6. The van der Waals surface area contributed by atoms with Crippen LogP contribution >= 0.6 is 11.6 Å². The van der Waals surface area contributed by atoms with Crippen LogP contribution < -0.4 is 0 Å². The van der Waals surface area contributed by atoms with Crippen LogP contribution in [0.5, 0.6) is 0 Å². The summed E-state index contributed by atoms with van der Waals surface area (Å²) in [6.07, 6.45) is 4.59. The number of hydrogen-bond donors (Lipinski definition) is 1. The maximum absolute atomic E-state index is 12.0. The zero-order valence-corrected chi connectivity index (χ0v) is 13.4. The van der Waals surface area contributed by atoms with E-state index in [-0.39, 0.29) is 18.0 Å². The molecule has 0 fully saturated rings. The van der Waals surface area contributed by atoms with Crippen molar-refractivity contribution in [2.24, 2.45) is 0 Å². The average Bonchev–Trinajstić information content (AvgIpc) is 3.26. The molecule has 0 radical (unpaired) electrons. The van der Waals surface area contributed by atoms with E-state index < -0.39 is 5.97 Å². The standard InChI is InChI=1S/C17H14ClN3O3/c18-14-5-2-1-4-12(14)9-21-10-13(8-20-21)17(23)24-11-16(22)15-6-3-7-19-15/h1-8,10,19H,9,11H2. The van der Waals surface area contributed by atoms with Gasteiger partial charge in [0, 0.05) is 17.4 Å². The molecule has 0 saturated carbocycles. The summed E-state index contributed by atoms with van der Waals surface area (Å²) < 4.78 is 6.60. The molecule has 0 aliphatic rings. The summed E-state index contributed by atoms with van der Waals surface area (Å²) in [6.45, 7) is 0.114. The number of nitrogens with one attached hydrogen (secondary N) is 1. The maximum Gasteiger partial charge on any atom is 0.341 e. The van der Waals surface area contributed by atoms with Crippen molar-refractivity contribution >= 4 is 23.4 Å². The Kier molecular flexibility index (Phi) is 4.77. The monoisotopic (exact) mass is 343 g/mol. The fourth-order valence-corrected chi connectivity index (χ4v) is 2.35. The van der Waals surface area contributed by atoms with Crippen molar-refractivity contribution in [3.8, 4) is 0 Å². The highest BCUT2D eigenvalue weighted by Gasteiger charge is 2.14. The second kappa shape index (κ2) is 7.14. The lowest BCUT2D eigenvalue weighted by atomic mass is 10.2. The van der Waals surface area contributed by atoms with Crippen molar-refractivity contribution in [1.82, 2.24) is 14.8 Å². The number of halogens is 1. The lowest BCUT2D eigenvalue weighted by Gasteiger charge is -2.04. The van der Waals surface area contributed by atoms with Gasteiger partial charge in [0.15, 0.2) is 6.61 Å². The molecule has 0 unspecified atom stereocenters. The quantitative estimate of drug-likeness (QED) is 0.551. The fraction of sp³-hybridized carbons (Fsp3) is 0.118. The van der Waals surface area contributed by atoms with Crippen LogP contribution in [0.4, 0.5) is 0 Å². The first-order valence-corrected chi connectivity index (χ1v) is 7.61. The third-order valence-electron chi connectivity index (χ3n) is 3.39. The van der Waals surface area contributed by atoms with Crippen LogP contribution in [0.1, 0.15) is 26.4 Å². The Morgan fingerprint density at radius 1 is 1.21 bits per heavy atom. The van der Waals surface area contributed by atoms with Gasteiger partial charge < -0.3 is 9.72 Å². The molecular weight excluding hydrogens is 330 g/mol. The second-order valence-electron chi connectivity index (χ2n) is 5.10. The van der Waals surface area contributed by atoms with Crippen molar-refractivity contribution < 1.29 is 14.3 Å². The van der Waals surface area contributed by atoms with E-state index >= 15 is 0 Å². The van der Waals surface area contributed by atoms with Gasteiger partial charge in [-0.05, 0) is 23.8 Å². The number of carbonyl (C=O) groups is 2. The molecular formula is C17H14ClN3O3. The number of rotatable bonds is 6. The summed E-state index contributed by atoms with van der Waals surface area (Å²) in [5.74, 6) is -0.892. The Bertz CT molecular complexity index is 856. The molecule has 24 heavy (non-hydrogen) atoms. The van der Waals surface area contributed by atoms with Crippen LogP contribution in [-0.4, -0.2) is 33.1 Å². The van der Waals surface area contributed by atoms with Gasteiger partial charge in [0.2, 0.25) is 5.78 Å². The van der Waals surface area contributed by atoms with Gasteiger partial charge in [-0.1, -0.05) is 29.8 Å². The maximum atomic E-state index is 12.0. The lowest BCUT2D eigenvalue weighted by Crippen LogP contribution is -2.14. The molecule has 6 nitrogen and oxygen atoms in total. The molecule has 3 aromatic rings. The van der Waals surface area contributed by atoms with Gasteiger partial charge in [0.05, 0.1) is 24.0 Å². The highest BCUT2D eigenvalue weighted by Crippen LogP contribution is 2.16. The third kappa shape index (κ3) is 3.72. The SMILES string of the molecule is O=C(OCC(=O)c1ccc[nH]1)c1cnn(Cc2ccccc2Cl)c1. The first-order chi connectivity index (χ1) is 11.6. The highest BCUT2D eigenvalue weighted by atomic mass is 35.5. The molecule has 0 spiro atoms. The van der Waals surface area contributed by atoms with Crippen molar-refractivity contribution in [1.29, 1.82) is 0 Å². The minimum absolute atomic E-state index is 0.279. The number of H-pyrrole nitrogens is 1. The Hall–Kier alpha value is -2.86. The van der Waals surface area contributed by atoms with E-state index in [4.69, 9.17) is 16.3 Å². The molecule has 1 aromatic carbocycles. The summed E-state index contributed by atoms with van der Waals surface area (Å²) >= 11 is 6.10. The molecule has 1 N–H and O–H groups in total. The van der Waals surface area contributed by atoms with Crippen molar-refractivity contribution in [3.05, 3.63) is 76.8 Å². The number of nitrogens with zero attached hydrogens (tertiary/aromatic N) is 2. The highest BCUT2D eigenvalue weighted by molar-refractivity contribution is 6.31. The van der Waals surface area contributed by atoms with Crippen molar-refractivity contribution in [3.63, 3.8) is 0 Å². The average molecular weight is 344 g/mol. The van der Waals surface area contributed by atoms with E-state index in [2.05, 4.69) is 10.1 Å². The van der Waals surface area contributed by atoms with Gasteiger partial charge in [0.25, 0.3) is 0 Å². The van der Waals surface area contributed by atoms with E-state index in [1.165, 1.54) is 6.20 Å². The minimum Gasteiger partial charge on any atom is -0.454 e. The topological polar surface area (TPSA) is 77.0 Å². The number of ether oxygens (including phenoxy) is 1. The molecule has 0 bridgehead atoms. The van der Waals surface area contributed by atoms with Crippen LogP contribution in [0, 0.1) is 0 Å². The largest absolute Gasteiger partial charge is 0.454 e. The van der Waals surface area contributed by atoms with Gasteiger partial charge >= 0.3 is 5.97 Å². The van der Waals surface area contributed by atoms with Crippen LogP contribution in [0.25, 0.3) is 0 Å². The number of esters is 1. The van der Waals surface area contributed by atoms with E-state index in [9.17, 15) is 9.59 Å². The first-order valence-electron chi connectivity index (χ1n) is 7.23. The number of aromatic nitrogens is 3. The molecule has 2 aromatic heterocycles. The Morgan fingerprint density at radius 3 is 2.79 bits per heavy atom. The molecule has 3 rings (SSSR count). The summed E-state index contributed by atoms with van der Waals surface area (Å²) in [6, 6.07) is 10.7. The van der Waals surface area contributed by atoms with E-state index in [1.54, 1.807) is 35.3 Å². The first kappa shape index (κ1) is 16.0. The molecule has 0 saturated heterocycles. The molecule has 0 amide bonds. The van der Waals surface area contributed by atoms with Crippen molar-refractivity contribution in [2.45, 2.75) is 6.54 Å². The summed E-state index contributed by atoms with van der Waals surface area (Å²) in [5, 5.41) is 4.75. The number of Topliss-reactive ketones (excluding diaryl/α,β-unsaturated/α-hetero) is 1. The Morgan fingerprint density at radius 2 is 2.04 bits per heavy atom. The predicted molar refractivity (Wildman–Crippen MR) is 88.2 cm³/mol. The summed E-state index contributed by atoms with van der Waals surface area (Å²) in [5.41, 5.74) is 1.57. The number of hydrogen-bond acceptors (Lipinski definition) is 4. The van der Waals surface area contributed by atoms with Crippen LogP contribution in [0.2, 0.25) is 5.02 Å². The number of aromatic amines is 1. The predicted octanol–water partition coefficient (Wildman–Crippen LogP) is 2.95. The summed E-state index contributed by atoms with van der Waals surface area (Å²) in [7, 11) is 0. The molecule has 0 atom stereocenters. The van der Waals surface area contributed by atoms with E-state index in [1.807, 2.05) is 18.2 Å². The molecule has 122 valence electrons. The number of benzene rings is 1. The zero-order chi connectivity index (χ0) is 16.9. The number of ketones is 1. The molecule has 0 aliphatic carbocycles. The van der Waals surface area contributed by atoms with Gasteiger partial charge in [-0.2, -0.15) is 5.10 Å². The Labute approximate surface area is 143 Å². The normalized spacial score (nSPS) is 10.5. The molecule has 2 heterocycles. The second-order valence-corrected chi connectivity index (χ2v) is 5.51. The molecule has 0 aliphatic heterocycles. The molecule has 7 heteroatoms.